The monoisotopic (exact) mass is 386 g/mol. The minimum atomic E-state index is -0.282. The van der Waals surface area contributed by atoms with E-state index in [0.29, 0.717) is 17.5 Å². The third-order valence-electron chi connectivity index (χ3n) is 5.31. The summed E-state index contributed by atoms with van der Waals surface area (Å²) in [6, 6.07) is 20.9. The summed E-state index contributed by atoms with van der Waals surface area (Å²) in [5.74, 6) is -0.659. The first-order valence-electron chi connectivity index (χ1n) is 9.78. The van der Waals surface area contributed by atoms with Gasteiger partial charge in [-0.15, -0.1) is 0 Å². The number of benzene rings is 3. The van der Waals surface area contributed by atoms with Crippen LogP contribution >= 0.6 is 0 Å². The Kier molecular flexibility index (Phi) is 5.12. The quantitative estimate of drug-likeness (QED) is 0.649. The molecule has 1 aliphatic heterocycles. The maximum absolute atomic E-state index is 12.4. The fourth-order valence-corrected chi connectivity index (χ4v) is 3.71. The molecule has 1 atom stereocenters. The summed E-state index contributed by atoms with van der Waals surface area (Å²) in [7, 11) is 0. The molecule has 3 aromatic rings. The Morgan fingerprint density at radius 3 is 2.21 bits per heavy atom. The van der Waals surface area contributed by atoms with Crippen LogP contribution in [-0.4, -0.2) is 29.2 Å². The molecule has 1 unspecified atom stereocenters. The third kappa shape index (κ3) is 3.76. The van der Waals surface area contributed by atoms with Gasteiger partial charge in [-0.2, -0.15) is 0 Å². The number of amides is 3. The first kappa shape index (κ1) is 18.9. The molecule has 1 N–H and O–H groups in total. The summed E-state index contributed by atoms with van der Waals surface area (Å²) >= 11 is 0. The molecule has 3 aromatic carbocycles. The van der Waals surface area contributed by atoms with Crippen molar-refractivity contribution >= 4 is 28.5 Å². The Labute approximate surface area is 169 Å². The number of carbonyl (C=O) groups is 3. The molecule has 4 rings (SSSR count). The normalized spacial score (nSPS) is 14.2. The fraction of sp³-hybridized carbons (Fsp3) is 0.208. The van der Waals surface area contributed by atoms with Crippen LogP contribution in [0.25, 0.3) is 10.8 Å². The summed E-state index contributed by atoms with van der Waals surface area (Å²) in [4.78, 5) is 38.3. The Hall–Kier alpha value is -3.47. The molecule has 0 aliphatic carbocycles. The zero-order valence-electron chi connectivity index (χ0n) is 16.2. The minimum Gasteiger partial charge on any atom is -0.350 e. The average molecular weight is 386 g/mol. The number of nitrogens with zero attached hydrogens (tertiary/aromatic N) is 1. The number of imide groups is 1. The van der Waals surface area contributed by atoms with Gasteiger partial charge in [0, 0.05) is 13.0 Å². The third-order valence-corrected chi connectivity index (χ3v) is 5.31. The fourth-order valence-electron chi connectivity index (χ4n) is 3.71. The molecule has 0 aromatic heterocycles. The van der Waals surface area contributed by atoms with Crippen LogP contribution in [0.5, 0.6) is 0 Å². The zero-order chi connectivity index (χ0) is 20.4. The largest absolute Gasteiger partial charge is 0.350 e. The number of hydrogen-bond donors (Lipinski definition) is 1. The van der Waals surface area contributed by atoms with Gasteiger partial charge in [-0.3, -0.25) is 19.3 Å². The van der Waals surface area contributed by atoms with Crippen LogP contribution in [-0.2, 0) is 4.79 Å². The smallest absolute Gasteiger partial charge is 0.261 e. The highest BCUT2D eigenvalue weighted by Gasteiger charge is 2.34. The second-order valence-electron chi connectivity index (χ2n) is 7.31. The highest BCUT2D eigenvalue weighted by atomic mass is 16.2. The highest BCUT2D eigenvalue weighted by molar-refractivity contribution is 6.21. The molecule has 0 saturated carbocycles. The number of rotatable bonds is 6. The zero-order valence-corrected chi connectivity index (χ0v) is 16.2. The molecule has 0 spiro atoms. The van der Waals surface area contributed by atoms with E-state index in [4.69, 9.17) is 0 Å². The van der Waals surface area contributed by atoms with Gasteiger partial charge < -0.3 is 5.32 Å². The maximum atomic E-state index is 12.4. The van der Waals surface area contributed by atoms with Crippen molar-refractivity contribution in [2.24, 2.45) is 0 Å². The summed E-state index contributed by atoms with van der Waals surface area (Å²) in [5.41, 5.74) is 1.91. The van der Waals surface area contributed by atoms with E-state index in [0.717, 1.165) is 16.3 Å². The molecular weight excluding hydrogens is 364 g/mol. The summed E-state index contributed by atoms with van der Waals surface area (Å²) in [5, 5.41) is 5.30. The van der Waals surface area contributed by atoms with Crippen molar-refractivity contribution in [3.05, 3.63) is 83.4 Å². The molecule has 0 saturated heterocycles. The summed E-state index contributed by atoms with van der Waals surface area (Å²) in [6.45, 7) is 2.19. The van der Waals surface area contributed by atoms with Gasteiger partial charge >= 0.3 is 0 Å². The lowest BCUT2D eigenvalue weighted by molar-refractivity contribution is -0.121. The molecule has 146 valence electrons. The minimum absolute atomic E-state index is 0.0951. The van der Waals surface area contributed by atoms with Crippen LogP contribution in [0.2, 0.25) is 0 Å². The molecule has 0 bridgehead atoms. The number of hydrogen-bond acceptors (Lipinski definition) is 3. The lowest BCUT2D eigenvalue weighted by Gasteiger charge is -2.16. The molecule has 1 heterocycles. The van der Waals surface area contributed by atoms with Gasteiger partial charge in [-0.25, -0.2) is 0 Å². The van der Waals surface area contributed by atoms with E-state index in [1.165, 1.54) is 4.90 Å². The Morgan fingerprint density at radius 2 is 1.52 bits per heavy atom. The maximum Gasteiger partial charge on any atom is 0.261 e. The molecule has 5 heteroatoms. The topological polar surface area (TPSA) is 66.5 Å². The van der Waals surface area contributed by atoms with Crippen LogP contribution < -0.4 is 5.32 Å². The SMILES string of the molecule is CC(NC(=O)CCCN1C(=O)c2ccccc2C1=O)c1ccc2ccccc2c1. The van der Waals surface area contributed by atoms with Crippen LogP contribution in [0.4, 0.5) is 0 Å². The standard InChI is InChI=1S/C24H22N2O3/c1-16(18-13-12-17-7-2-3-8-19(17)15-18)25-22(27)11-6-14-26-23(28)20-9-4-5-10-21(20)24(26)29/h2-5,7-10,12-13,15-16H,6,11,14H2,1H3,(H,25,27). The van der Waals surface area contributed by atoms with Crippen LogP contribution in [0.15, 0.2) is 66.7 Å². The first-order chi connectivity index (χ1) is 14.0. The molecule has 0 radical (unpaired) electrons. The van der Waals surface area contributed by atoms with E-state index in [1.54, 1.807) is 24.3 Å². The van der Waals surface area contributed by atoms with E-state index < -0.39 is 0 Å². The number of fused-ring (bicyclic) bond motifs is 2. The van der Waals surface area contributed by atoms with E-state index in [1.807, 2.05) is 25.1 Å². The molecule has 3 amide bonds. The molecule has 1 aliphatic rings. The summed E-state index contributed by atoms with van der Waals surface area (Å²) < 4.78 is 0. The van der Waals surface area contributed by atoms with Gasteiger partial charge in [0.2, 0.25) is 5.91 Å². The predicted molar refractivity (Wildman–Crippen MR) is 112 cm³/mol. The molecular formula is C24H22N2O3. The van der Waals surface area contributed by atoms with Crippen molar-refractivity contribution < 1.29 is 14.4 Å². The van der Waals surface area contributed by atoms with Gasteiger partial charge in [0.1, 0.15) is 0 Å². The number of carbonyl (C=O) groups excluding carboxylic acids is 3. The average Bonchev–Trinajstić information content (AvgIpc) is 2.98. The van der Waals surface area contributed by atoms with E-state index in [-0.39, 0.29) is 36.7 Å². The Balaban J connectivity index is 1.31. The van der Waals surface area contributed by atoms with Crippen molar-refractivity contribution in [2.75, 3.05) is 6.54 Å². The van der Waals surface area contributed by atoms with E-state index >= 15 is 0 Å². The first-order valence-corrected chi connectivity index (χ1v) is 9.78. The second-order valence-corrected chi connectivity index (χ2v) is 7.31. The van der Waals surface area contributed by atoms with Crippen LogP contribution in [0, 0.1) is 0 Å². The lowest BCUT2D eigenvalue weighted by Crippen LogP contribution is -2.32. The number of nitrogens with one attached hydrogen (secondary N) is 1. The van der Waals surface area contributed by atoms with E-state index in [2.05, 4.69) is 29.6 Å². The Bertz CT molecular complexity index is 1070. The van der Waals surface area contributed by atoms with Crippen molar-refractivity contribution in [3.8, 4) is 0 Å². The highest BCUT2D eigenvalue weighted by Crippen LogP contribution is 2.23. The van der Waals surface area contributed by atoms with Gasteiger partial charge in [0.05, 0.1) is 17.2 Å². The van der Waals surface area contributed by atoms with Gasteiger partial charge in [0.25, 0.3) is 11.8 Å². The van der Waals surface area contributed by atoms with Crippen molar-refractivity contribution in [3.63, 3.8) is 0 Å². The van der Waals surface area contributed by atoms with Gasteiger partial charge in [0.15, 0.2) is 0 Å². The van der Waals surface area contributed by atoms with Crippen molar-refractivity contribution in [2.45, 2.75) is 25.8 Å². The van der Waals surface area contributed by atoms with Gasteiger partial charge in [-0.1, -0.05) is 48.5 Å². The van der Waals surface area contributed by atoms with Crippen LogP contribution in [0.3, 0.4) is 0 Å². The molecule has 5 nitrogen and oxygen atoms in total. The predicted octanol–water partition coefficient (Wildman–Crippen LogP) is 4.09. The Morgan fingerprint density at radius 1 is 0.897 bits per heavy atom. The molecule has 29 heavy (non-hydrogen) atoms. The van der Waals surface area contributed by atoms with E-state index in [9.17, 15) is 14.4 Å². The van der Waals surface area contributed by atoms with Crippen LogP contribution in [0.1, 0.15) is 52.1 Å². The van der Waals surface area contributed by atoms with Crippen molar-refractivity contribution in [1.29, 1.82) is 0 Å². The van der Waals surface area contributed by atoms with Crippen molar-refractivity contribution in [1.82, 2.24) is 10.2 Å². The van der Waals surface area contributed by atoms with Gasteiger partial charge in [-0.05, 0) is 47.9 Å². The second kappa shape index (κ2) is 7.87. The molecule has 0 fully saturated rings. The summed E-state index contributed by atoms with van der Waals surface area (Å²) in [6.07, 6.45) is 0.688. The lowest BCUT2D eigenvalue weighted by atomic mass is 10.0.